The monoisotopic (exact) mass is 273 g/mol. The summed E-state index contributed by atoms with van der Waals surface area (Å²) in [6.45, 7) is 4.88. The minimum absolute atomic E-state index is 0.142. The summed E-state index contributed by atoms with van der Waals surface area (Å²) in [5.41, 5.74) is 10.6. The Hall–Kier alpha value is -1.87. The van der Waals surface area contributed by atoms with E-state index in [2.05, 4.69) is 17.3 Å². The lowest BCUT2D eigenvalue weighted by molar-refractivity contribution is 0.0126. The van der Waals surface area contributed by atoms with E-state index >= 15 is 0 Å². The van der Waals surface area contributed by atoms with Gasteiger partial charge in [-0.05, 0) is 19.1 Å². The van der Waals surface area contributed by atoms with Gasteiger partial charge >= 0.3 is 0 Å². The van der Waals surface area contributed by atoms with Gasteiger partial charge in [-0.25, -0.2) is 5.01 Å². The third-order valence-electron chi connectivity index (χ3n) is 3.02. The van der Waals surface area contributed by atoms with Crippen LogP contribution in [0.5, 0.6) is 0 Å². The summed E-state index contributed by atoms with van der Waals surface area (Å²) >= 11 is 0. The van der Waals surface area contributed by atoms with Crippen LogP contribution in [0.15, 0.2) is 18.2 Å². The number of hydrogen-bond donors (Lipinski definition) is 2. The fourth-order valence-corrected chi connectivity index (χ4v) is 1.98. The number of benzene rings is 1. The summed E-state index contributed by atoms with van der Waals surface area (Å²) in [7, 11) is 0. The molecule has 0 unspecified atom stereocenters. The molecule has 1 fully saturated rings. The van der Waals surface area contributed by atoms with E-state index in [9.17, 15) is 4.79 Å². The van der Waals surface area contributed by atoms with Crippen molar-refractivity contribution in [2.75, 3.05) is 32.8 Å². The van der Waals surface area contributed by atoms with Gasteiger partial charge in [0, 0.05) is 18.7 Å². The van der Waals surface area contributed by atoms with Gasteiger partial charge < -0.3 is 10.5 Å². The molecule has 1 aromatic carbocycles. The van der Waals surface area contributed by atoms with Crippen molar-refractivity contribution in [3.05, 3.63) is 34.9 Å². The van der Waals surface area contributed by atoms with Gasteiger partial charge in [0.15, 0.2) is 0 Å². The lowest BCUT2D eigenvalue weighted by Crippen LogP contribution is -2.48. The van der Waals surface area contributed by atoms with Crippen LogP contribution in [0.3, 0.4) is 0 Å². The molecular formula is C15H19N3O2. The molecule has 1 aliphatic heterocycles. The molecular weight excluding hydrogens is 254 g/mol. The third kappa shape index (κ3) is 3.81. The number of ether oxygens (including phenoxy) is 1. The van der Waals surface area contributed by atoms with Crippen molar-refractivity contribution in [2.24, 2.45) is 5.73 Å². The van der Waals surface area contributed by atoms with E-state index in [0.29, 0.717) is 37.4 Å². The van der Waals surface area contributed by atoms with E-state index in [1.54, 1.807) is 0 Å². The second kappa shape index (κ2) is 7.06. The van der Waals surface area contributed by atoms with Gasteiger partial charge in [-0.15, -0.1) is 0 Å². The first-order valence-electron chi connectivity index (χ1n) is 6.64. The van der Waals surface area contributed by atoms with Crippen molar-refractivity contribution in [2.45, 2.75) is 6.92 Å². The van der Waals surface area contributed by atoms with Crippen LogP contribution in [0, 0.1) is 18.8 Å². The first kappa shape index (κ1) is 14.5. The van der Waals surface area contributed by atoms with Crippen LogP contribution < -0.4 is 11.2 Å². The minimum atomic E-state index is -0.142. The average Bonchev–Trinajstić information content (AvgIpc) is 2.47. The zero-order chi connectivity index (χ0) is 14.4. The van der Waals surface area contributed by atoms with Gasteiger partial charge in [-0.2, -0.15) is 0 Å². The second-order valence-corrected chi connectivity index (χ2v) is 4.60. The lowest BCUT2D eigenvalue weighted by atomic mass is 10.0. The molecule has 0 atom stereocenters. The van der Waals surface area contributed by atoms with Crippen molar-refractivity contribution in [1.82, 2.24) is 10.4 Å². The van der Waals surface area contributed by atoms with Crippen LogP contribution in [0.1, 0.15) is 21.5 Å². The third-order valence-corrected chi connectivity index (χ3v) is 3.02. The summed E-state index contributed by atoms with van der Waals surface area (Å²) in [5, 5.41) is 1.87. The summed E-state index contributed by atoms with van der Waals surface area (Å²) in [5.74, 6) is 5.58. The van der Waals surface area contributed by atoms with Crippen molar-refractivity contribution in [3.8, 4) is 11.8 Å². The van der Waals surface area contributed by atoms with Gasteiger partial charge in [0.2, 0.25) is 0 Å². The van der Waals surface area contributed by atoms with E-state index in [0.717, 1.165) is 5.56 Å². The molecule has 0 spiro atoms. The number of nitrogens with two attached hydrogens (primary N) is 1. The predicted octanol–water partition coefficient (Wildman–Crippen LogP) is 0.282. The summed E-state index contributed by atoms with van der Waals surface area (Å²) in [4.78, 5) is 12.4. The number of nitrogens with zero attached hydrogens (tertiary/aromatic N) is 1. The molecule has 5 nitrogen and oxygen atoms in total. The van der Waals surface area contributed by atoms with E-state index < -0.39 is 0 Å². The quantitative estimate of drug-likeness (QED) is 0.760. The minimum Gasteiger partial charge on any atom is -0.379 e. The Labute approximate surface area is 119 Å². The summed E-state index contributed by atoms with van der Waals surface area (Å²) < 4.78 is 5.25. The zero-order valence-electron chi connectivity index (χ0n) is 11.6. The van der Waals surface area contributed by atoms with Crippen LogP contribution in [-0.4, -0.2) is 43.8 Å². The van der Waals surface area contributed by atoms with Crippen molar-refractivity contribution in [1.29, 1.82) is 0 Å². The Kier molecular flexibility index (Phi) is 5.13. The second-order valence-electron chi connectivity index (χ2n) is 4.60. The van der Waals surface area contributed by atoms with Crippen molar-refractivity contribution < 1.29 is 9.53 Å². The topological polar surface area (TPSA) is 67.6 Å². The molecule has 106 valence electrons. The number of aryl methyl sites for hydroxylation is 1. The first-order chi connectivity index (χ1) is 9.70. The highest BCUT2D eigenvalue weighted by Gasteiger charge is 2.16. The molecule has 3 N–H and O–H groups in total. The van der Waals surface area contributed by atoms with Gasteiger partial charge in [-0.1, -0.05) is 23.5 Å². The van der Waals surface area contributed by atoms with Crippen LogP contribution in [0.4, 0.5) is 0 Å². The van der Waals surface area contributed by atoms with Gasteiger partial charge in [0.05, 0.1) is 25.3 Å². The number of carbonyl (C=O) groups is 1. The standard InChI is InChI=1S/C15H19N3O2/c1-12-4-5-13(3-2-6-16)14(11-12)15(19)17-18-7-9-20-10-8-18/h4-5,11H,6-10,16H2,1H3,(H,17,19). The fraction of sp³-hybridized carbons (Fsp3) is 0.400. The molecule has 0 bridgehead atoms. The number of morpholine rings is 1. The Morgan fingerprint density at radius 2 is 2.20 bits per heavy atom. The zero-order valence-corrected chi connectivity index (χ0v) is 11.6. The van der Waals surface area contributed by atoms with Gasteiger partial charge in [0.1, 0.15) is 0 Å². The van der Waals surface area contributed by atoms with Crippen LogP contribution >= 0.6 is 0 Å². The molecule has 1 saturated heterocycles. The lowest BCUT2D eigenvalue weighted by Gasteiger charge is -2.27. The summed E-state index contributed by atoms with van der Waals surface area (Å²) in [6, 6.07) is 5.63. The van der Waals surface area contributed by atoms with Crippen LogP contribution in [0.2, 0.25) is 0 Å². The SMILES string of the molecule is Cc1ccc(C#CCN)c(C(=O)NN2CCOCC2)c1. The molecule has 20 heavy (non-hydrogen) atoms. The average molecular weight is 273 g/mol. The fourth-order valence-electron chi connectivity index (χ4n) is 1.98. The molecule has 1 heterocycles. The summed E-state index contributed by atoms with van der Waals surface area (Å²) in [6.07, 6.45) is 0. The molecule has 2 rings (SSSR count). The molecule has 0 saturated carbocycles. The Morgan fingerprint density at radius 3 is 2.90 bits per heavy atom. The highest BCUT2D eigenvalue weighted by atomic mass is 16.5. The van der Waals surface area contributed by atoms with E-state index in [-0.39, 0.29) is 12.5 Å². The highest BCUT2D eigenvalue weighted by Crippen LogP contribution is 2.11. The van der Waals surface area contributed by atoms with Crippen LogP contribution in [0.25, 0.3) is 0 Å². The van der Waals surface area contributed by atoms with E-state index in [4.69, 9.17) is 10.5 Å². The van der Waals surface area contributed by atoms with Crippen LogP contribution in [-0.2, 0) is 4.74 Å². The largest absolute Gasteiger partial charge is 0.379 e. The van der Waals surface area contributed by atoms with Crippen molar-refractivity contribution in [3.63, 3.8) is 0 Å². The number of nitrogens with one attached hydrogen (secondary N) is 1. The molecule has 0 aliphatic carbocycles. The predicted molar refractivity (Wildman–Crippen MR) is 77.0 cm³/mol. The molecule has 1 amide bonds. The molecule has 0 radical (unpaired) electrons. The molecule has 0 aromatic heterocycles. The molecule has 1 aliphatic rings. The first-order valence-corrected chi connectivity index (χ1v) is 6.64. The van der Waals surface area contributed by atoms with E-state index in [1.807, 2.05) is 30.1 Å². The number of hydrogen-bond acceptors (Lipinski definition) is 4. The number of carbonyl (C=O) groups excluding carboxylic acids is 1. The number of amides is 1. The number of hydrazine groups is 1. The Morgan fingerprint density at radius 1 is 1.45 bits per heavy atom. The van der Waals surface area contributed by atoms with Crippen molar-refractivity contribution >= 4 is 5.91 Å². The Balaban J connectivity index is 2.16. The smallest absolute Gasteiger partial charge is 0.266 e. The maximum atomic E-state index is 12.4. The van der Waals surface area contributed by atoms with Gasteiger partial charge in [-0.3, -0.25) is 10.2 Å². The number of rotatable bonds is 2. The Bertz CT molecular complexity index is 540. The highest BCUT2D eigenvalue weighted by molar-refractivity contribution is 5.96. The maximum absolute atomic E-state index is 12.4. The maximum Gasteiger partial charge on any atom is 0.266 e. The van der Waals surface area contributed by atoms with E-state index in [1.165, 1.54) is 0 Å². The molecule has 1 aromatic rings. The molecule has 5 heteroatoms. The van der Waals surface area contributed by atoms with Gasteiger partial charge in [0.25, 0.3) is 5.91 Å². The normalized spacial score (nSPS) is 15.3.